The second-order valence-corrected chi connectivity index (χ2v) is 5.61. The topological polar surface area (TPSA) is 87.1 Å². The first-order valence-corrected chi connectivity index (χ1v) is 8.03. The summed E-state index contributed by atoms with van der Waals surface area (Å²) < 4.78 is 11.4. The van der Waals surface area contributed by atoms with Crippen LogP contribution in [0.4, 0.5) is 5.82 Å². The van der Waals surface area contributed by atoms with Gasteiger partial charge in [-0.25, -0.2) is 9.97 Å². The molecule has 0 radical (unpaired) electrons. The minimum absolute atomic E-state index is 0.327. The summed E-state index contributed by atoms with van der Waals surface area (Å²) in [4.78, 5) is 13.0. The summed E-state index contributed by atoms with van der Waals surface area (Å²) in [5, 5.41) is 0. The Hall–Kier alpha value is -3.67. The van der Waals surface area contributed by atoms with Crippen molar-refractivity contribution in [2.24, 2.45) is 0 Å². The van der Waals surface area contributed by atoms with Gasteiger partial charge in [0.15, 0.2) is 17.3 Å². The zero-order valence-electron chi connectivity index (χ0n) is 14.1. The fraction of sp³-hybridized carbons (Fsp3) is 0.0500. The molecule has 0 spiro atoms. The predicted octanol–water partition coefficient (Wildman–Crippen LogP) is 4.06. The molecule has 128 valence electrons. The lowest BCUT2D eigenvalue weighted by Crippen LogP contribution is -1.96. The summed E-state index contributed by atoms with van der Waals surface area (Å²) in [5.41, 5.74) is 9.03. The summed E-state index contributed by atoms with van der Waals surface area (Å²) in [6.07, 6.45) is 5.09. The summed E-state index contributed by atoms with van der Waals surface area (Å²) in [6, 6.07) is 15.3. The van der Waals surface area contributed by atoms with Crippen molar-refractivity contribution in [2.45, 2.75) is 0 Å². The Morgan fingerprint density at radius 1 is 0.962 bits per heavy atom. The molecule has 6 heteroatoms. The van der Waals surface area contributed by atoms with Crippen LogP contribution in [-0.4, -0.2) is 22.1 Å². The van der Waals surface area contributed by atoms with E-state index in [9.17, 15) is 0 Å². The van der Waals surface area contributed by atoms with Gasteiger partial charge >= 0.3 is 0 Å². The van der Waals surface area contributed by atoms with Crippen LogP contribution in [0.2, 0.25) is 0 Å². The molecule has 0 aliphatic heterocycles. The number of benzene rings is 1. The van der Waals surface area contributed by atoms with E-state index in [4.69, 9.17) is 19.9 Å². The smallest absolute Gasteiger partial charge is 0.227 e. The highest BCUT2D eigenvalue weighted by atomic mass is 16.5. The molecule has 2 N–H and O–H groups in total. The summed E-state index contributed by atoms with van der Waals surface area (Å²) in [5.74, 6) is 1.99. The van der Waals surface area contributed by atoms with Gasteiger partial charge < -0.3 is 14.9 Å². The van der Waals surface area contributed by atoms with Crippen molar-refractivity contribution in [1.29, 1.82) is 0 Å². The zero-order chi connectivity index (χ0) is 17.9. The van der Waals surface area contributed by atoms with Crippen LogP contribution in [0.3, 0.4) is 0 Å². The molecular weight excluding hydrogens is 328 g/mol. The molecule has 0 atom stereocenters. The van der Waals surface area contributed by atoms with Gasteiger partial charge in [0.1, 0.15) is 5.69 Å². The van der Waals surface area contributed by atoms with E-state index in [0.717, 1.165) is 16.7 Å². The number of rotatable bonds is 4. The van der Waals surface area contributed by atoms with Crippen LogP contribution < -0.4 is 10.5 Å². The molecule has 0 saturated heterocycles. The van der Waals surface area contributed by atoms with Gasteiger partial charge in [-0.3, -0.25) is 4.98 Å². The van der Waals surface area contributed by atoms with Gasteiger partial charge in [-0.2, -0.15) is 0 Å². The highest BCUT2D eigenvalue weighted by Crippen LogP contribution is 2.37. The molecule has 0 aliphatic carbocycles. The van der Waals surface area contributed by atoms with E-state index in [1.54, 1.807) is 31.8 Å². The Bertz CT molecular complexity index is 1030. The average molecular weight is 344 g/mol. The van der Waals surface area contributed by atoms with Crippen LogP contribution in [0.15, 0.2) is 71.5 Å². The number of nitrogen functional groups attached to an aromatic ring is 1. The monoisotopic (exact) mass is 344 g/mol. The van der Waals surface area contributed by atoms with Gasteiger partial charge in [0.25, 0.3) is 0 Å². The molecule has 0 saturated carbocycles. The maximum atomic E-state index is 6.11. The molecule has 3 aromatic heterocycles. The number of aromatic nitrogens is 3. The van der Waals surface area contributed by atoms with Crippen molar-refractivity contribution in [1.82, 2.24) is 15.0 Å². The molecule has 0 unspecified atom stereocenters. The summed E-state index contributed by atoms with van der Waals surface area (Å²) in [7, 11) is 1.55. The van der Waals surface area contributed by atoms with Gasteiger partial charge in [0.05, 0.1) is 7.11 Å². The molecule has 6 nitrogen and oxygen atoms in total. The molecule has 4 rings (SSSR count). The number of hydrogen-bond donors (Lipinski definition) is 1. The lowest BCUT2D eigenvalue weighted by Gasteiger charge is -2.06. The zero-order valence-corrected chi connectivity index (χ0v) is 14.1. The number of anilines is 1. The normalized spacial score (nSPS) is 10.7. The third-order valence-corrected chi connectivity index (χ3v) is 3.97. The van der Waals surface area contributed by atoms with Gasteiger partial charge in [0.2, 0.25) is 5.89 Å². The van der Waals surface area contributed by atoms with Gasteiger partial charge in [-0.05, 0) is 30.3 Å². The second kappa shape index (κ2) is 6.68. The first kappa shape index (κ1) is 15.8. The summed E-state index contributed by atoms with van der Waals surface area (Å²) in [6.45, 7) is 0. The molecule has 0 bridgehead atoms. The van der Waals surface area contributed by atoms with Crippen molar-refractivity contribution >= 4 is 5.82 Å². The Morgan fingerprint density at radius 2 is 1.73 bits per heavy atom. The molecular formula is C20H16N4O2. The summed E-state index contributed by atoms with van der Waals surface area (Å²) >= 11 is 0. The van der Waals surface area contributed by atoms with Crippen LogP contribution >= 0.6 is 0 Å². The quantitative estimate of drug-likeness (QED) is 0.601. The minimum atomic E-state index is 0.327. The number of pyridine rings is 2. The third-order valence-electron chi connectivity index (χ3n) is 3.97. The van der Waals surface area contributed by atoms with Crippen LogP contribution in [0.5, 0.6) is 5.75 Å². The fourth-order valence-electron chi connectivity index (χ4n) is 2.67. The van der Waals surface area contributed by atoms with E-state index in [1.807, 2.05) is 42.5 Å². The van der Waals surface area contributed by atoms with E-state index in [2.05, 4.69) is 9.97 Å². The van der Waals surface area contributed by atoms with Crippen LogP contribution in [0.25, 0.3) is 34.0 Å². The van der Waals surface area contributed by atoms with Crippen molar-refractivity contribution in [3.63, 3.8) is 0 Å². The Kier molecular flexibility index (Phi) is 4.07. The maximum Gasteiger partial charge on any atom is 0.227 e. The molecule has 0 aliphatic rings. The molecule has 26 heavy (non-hydrogen) atoms. The van der Waals surface area contributed by atoms with Crippen molar-refractivity contribution < 1.29 is 9.15 Å². The predicted molar refractivity (Wildman–Crippen MR) is 99.4 cm³/mol. The van der Waals surface area contributed by atoms with E-state index in [1.165, 1.54) is 0 Å². The van der Waals surface area contributed by atoms with Crippen LogP contribution in [-0.2, 0) is 0 Å². The first-order chi connectivity index (χ1) is 12.8. The third kappa shape index (κ3) is 2.88. The van der Waals surface area contributed by atoms with E-state index < -0.39 is 0 Å². The highest BCUT2D eigenvalue weighted by Gasteiger charge is 2.19. The molecule has 3 heterocycles. The van der Waals surface area contributed by atoms with E-state index >= 15 is 0 Å². The van der Waals surface area contributed by atoms with Gasteiger partial charge in [-0.15, -0.1) is 0 Å². The Morgan fingerprint density at radius 3 is 2.46 bits per heavy atom. The molecule has 1 aromatic carbocycles. The van der Waals surface area contributed by atoms with Crippen LogP contribution in [0, 0.1) is 0 Å². The minimum Gasteiger partial charge on any atom is -0.493 e. The Labute approximate surface area is 150 Å². The number of oxazole rings is 1. The standard InChI is InChI=1S/C20H16N4O2/c1-25-16-11-15(12-23-19(16)21)17-18(13-7-9-22-10-8-13)26-20(24-17)14-5-3-2-4-6-14/h2-12H,1H3,(H2,21,23). The first-order valence-electron chi connectivity index (χ1n) is 8.03. The lowest BCUT2D eigenvalue weighted by molar-refractivity contribution is 0.415. The average Bonchev–Trinajstić information content (AvgIpc) is 3.15. The van der Waals surface area contributed by atoms with Crippen molar-refractivity contribution in [3.05, 3.63) is 67.1 Å². The van der Waals surface area contributed by atoms with E-state index in [-0.39, 0.29) is 0 Å². The van der Waals surface area contributed by atoms with Gasteiger partial charge in [-0.1, -0.05) is 18.2 Å². The number of hydrogen-bond acceptors (Lipinski definition) is 6. The molecule has 4 aromatic rings. The maximum absolute atomic E-state index is 6.11. The number of ether oxygens (including phenoxy) is 1. The highest BCUT2D eigenvalue weighted by molar-refractivity contribution is 5.79. The fourth-order valence-corrected chi connectivity index (χ4v) is 2.67. The molecule has 0 amide bonds. The van der Waals surface area contributed by atoms with E-state index in [0.29, 0.717) is 28.9 Å². The second-order valence-electron chi connectivity index (χ2n) is 5.61. The van der Waals surface area contributed by atoms with Gasteiger partial charge in [0, 0.05) is 35.3 Å². The largest absolute Gasteiger partial charge is 0.493 e. The van der Waals surface area contributed by atoms with Crippen molar-refractivity contribution in [3.8, 4) is 39.8 Å². The number of nitrogens with zero attached hydrogens (tertiary/aromatic N) is 3. The Balaban J connectivity index is 1.91. The number of nitrogens with two attached hydrogens (primary N) is 1. The van der Waals surface area contributed by atoms with Crippen molar-refractivity contribution in [2.75, 3.05) is 12.8 Å². The number of methoxy groups -OCH3 is 1. The lowest BCUT2D eigenvalue weighted by atomic mass is 10.1. The SMILES string of the molecule is COc1cc(-c2nc(-c3ccccc3)oc2-c2ccncc2)cnc1N. The molecule has 0 fully saturated rings. The van der Waals surface area contributed by atoms with Crippen LogP contribution in [0.1, 0.15) is 0 Å².